The fourth-order valence-electron chi connectivity index (χ4n) is 1.32. The van der Waals surface area contributed by atoms with E-state index in [1.807, 2.05) is 13.8 Å². The summed E-state index contributed by atoms with van der Waals surface area (Å²) in [5.41, 5.74) is 0.128. The van der Waals surface area contributed by atoms with E-state index in [-0.39, 0.29) is 63.3 Å². The zero-order valence-electron chi connectivity index (χ0n) is 10.3. The van der Waals surface area contributed by atoms with E-state index in [2.05, 4.69) is 5.32 Å². The van der Waals surface area contributed by atoms with Crippen LogP contribution in [0, 0.1) is 5.92 Å². The second-order valence-electron chi connectivity index (χ2n) is 4.20. The normalized spacial score (nSPS) is 10.0. The summed E-state index contributed by atoms with van der Waals surface area (Å²) < 4.78 is 0. The number of nitrogens with one attached hydrogen (secondary N) is 1. The summed E-state index contributed by atoms with van der Waals surface area (Å²) >= 11 is 17.5. The molecule has 0 spiro atoms. The molecule has 0 aliphatic carbocycles. The summed E-state index contributed by atoms with van der Waals surface area (Å²) in [6.45, 7) is 3.77. The van der Waals surface area contributed by atoms with E-state index in [0.717, 1.165) is 0 Å². The fraction of sp³-hybridized carbons (Fsp3) is 0.333. The summed E-state index contributed by atoms with van der Waals surface area (Å²) in [5.74, 6) is -0.761. The first-order valence-corrected chi connectivity index (χ1v) is 6.44. The molecule has 0 aromatic heterocycles. The third-order valence-corrected chi connectivity index (χ3v) is 3.42. The van der Waals surface area contributed by atoms with Gasteiger partial charge in [-0.25, -0.2) is 0 Å². The summed E-state index contributed by atoms with van der Waals surface area (Å²) in [7, 11) is 0. The number of carbonyl (C=O) groups is 2. The second-order valence-corrected chi connectivity index (χ2v) is 5.36. The number of amides is 2. The molecule has 0 heterocycles. The minimum Gasteiger partial charge on any atom is -0.292 e. The number of halogens is 3. The maximum Gasteiger partial charge on any atom is 0.259 e. The third kappa shape index (κ3) is 5.51. The fourth-order valence-corrected chi connectivity index (χ4v) is 1.94. The maximum absolute atomic E-state index is 11.8. The van der Waals surface area contributed by atoms with Crippen LogP contribution in [-0.2, 0) is 4.79 Å². The van der Waals surface area contributed by atoms with E-state index in [9.17, 15) is 9.59 Å². The van der Waals surface area contributed by atoms with Gasteiger partial charge in [0.25, 0.3) is 5.91 Å². The number of hydrogen-bond donors (Lipinski definition) is 1. The van der Waals surface area contributed by atoms with Crippen LogP contribution >= 0.6 is 34.8 Å². The molecule has 1 rings (SSSR count). The Bertz CT molecular complexity index is 492. The van der Waals surface area contributed by atoms with E-state index < -0.39 is 5.91 Å². The molecule has 2 amide bonds. The van der Waals surface area contributed by atoms with Crippen LogP contribution in [0.4, 0.5) is 0 Å². The van der Waals surface area contributed by atoms with Crippen molar-refractivity contribution < 1.29 is 9.59 Å². The Hall–Kier alpha value is 0.0482. The molecular weight excluding hydrogens is 418 g/mol. The molecule has 103 valence electrons. The Morgan fingerprint density at radius 3 is 2.26 bits per heavy atom. The number of hydrogen-bond acceptors (Lipinski definition) is 2. The average Bonchev–Trinajstić information content (AvgIpc) is 2.24. The van der Waals surface area contributed by atoms with Gasteiger partial charge in [-0.1, -0.05) is 48.7 Å². The standard InChI is InChI=1S/C12H12Cl3NO2.Sb/c1-6(2)5-9(17)16-12(18)7-3-4-8(13)11(15)10(7)14;/h3-4,6H,5H2,1-2H3,(H,16,17,18);. The predicted octanol–water partition coefficient (Wildman–Crippen LogP) is 3.57. The van der Waals surface area contributed by atoms with Crippen molar-refractivity contribution in [2.45, 2.75) is 20.3 Å². The first-order valence-electron chi connectivity index (χ1n) is 5.30. The molecule has 0 unspecified atom stereocenters. The van der Waals surface area contributed by atoms with Crippen molar-refractivity contribution in [1.29, 1.82) is 0 Å². The molecule has 3 radical (unpaired) electrons. The SMILES string of the molecule is CC(C)CC(=O)NC(=O)c1ccc(Cl)c(Cl)c1Cl.[Sb]. The van der Waals surface area contributed by atoms with E-state index in [0.29, 0.717) is 0 Å². The zero-order valence-corrected chi connectivity index (χ0v) is 15.2. The van der Waals surface area contributed by atoms with Crippen molar-refractivity contribution in [2.75, 3.05) is 0 Å². The number of benzene rings is 1. The number of carbonyl (C=O) groups excluding carboxylic acids is 2. The molecule has 0 saturated carbocycles. The zero-order chi connectivity index (χ0) is 13.9. The molecular formula is C12H12Cl3NO2Sb. The van der Waals surface area contributed by atoms with Gasteiger partial charge in [-0.05, 0) is 18.1 Å². The Morgan fingerprint density at radius 2 is 1.74 bits per heavy atom. The summed E-state index contributed by atoms with van der Waals surface area (Å²) in [6, 6.07) is 2.88. The largest absolute Gasteiger partial charge is 0.292 e. The predicted molar refractivity (Wildman–Crippen MR) is 79.2 cm³/mol. The molecule has 0 bridgehead atoms. The summed E-state index contributed by atoms with van der Waals surface area (Å²) in [6.07, 6.45) is 0.269. The van der Waals surface area contributed by atoms with Crippen LogP contribution in [0.25, 0.3) is 0 Å². The van der Waals surface area contributed by atoms with Gasteiger partial charge < -0.3 is 0 Å². The van der Waals surface area contributed by atoms with Crippen molar-refractivity contribution in [3.63, 3.8) is 0 Å². The Balaban J connectivity index is 0.00000324. The number of rotatable bonds is 3. The third-order valence-electron chi connectivity index (χ3n) is 2.13. The topological polar surface area (TPSA) is 46.2 Å². The molecule has 0 atom stereocenters. The number of imide groups is 1. The Morgan fingerprint density at radius 1 is 1.16 bits per heavy atom. The quantitative estimate of drug-likeness (QED) is 0.589. The van der Waals surface area contributed by atoms with Crippen LogP contribution in [-0.4, -0.2) is 36.2 Å². The first-order chi connectivity index (χ1) is 8.32. The monoisotopic (exact) mass is 428 g/mol. The van der Waals surface area contributed by atoms with Gasteiger partial charge in [-0.15, -0.1) is 0 Å². The molecule has 3 nitrogen and oxygen atoms in total. The van der Waals surface area contributed by atoms with Crippen molar-refractivity contribution in [3.8, 4) is 0 Å². The molecule has 0 saturated heterocycles. The Labute approximate surface area is 144 Å². The van der Waals surface area contributed by atoms with Crippen molar-refractivity contribution in [1.82, 2.24) is 5.32 Å². The van der Waals surface area contributed by atoms with Gasteiger partial charge in [0, 0.05) is 30.8 Å². The Kier molecular flexibility index (Phi) is 8.38. The van der Waals surface area contributed by atoms with Crippen molar-refractivity contribution in [2.24, 2.45) is 5.92 Å². The molecule has 0 fully saturated rings. The molecule has 7 heteroatoms. The van der Waals surface area contributed by atoms with Crippen LogP contribution < -0.4 is 5.32 Å². The van der Waals surface area contributed by atoms with Crippen molar-refractivity contribution in [3.05, 3.63) is 32.8 Å². The van der Waals surface area contributed by atoms with Gasteiger partial charge in [0.05, 0.1) is 20.6 Å². The first kappa shape index (κ1) is 19.0. The minimum atomic E-state index is -0.579. The van der Waals surface area contributed by atoms with Crippen LogP contribution in [0.3, 0.4) is 0 Å². The molecule has 0 aliphatic heterocycles. The van der Waals surface area contributed by atoms with Gasteiger partial charge in [0.2, 0.25) is 5.91 Å². The molecule has 1 aromatic carbocycles. The van der Waals surface area contributed by atoms with Gasteiger partial charge in [-0.2, -0.15) is 0 Å². The van der Waals surface area contributed by atoms with Crippen LogP contribution in [0.15, 0.2) is 12.1 Å². The molecule has 0 aliphatic rings. The van der Waals surface area contributed by atoms with E-state index >= 15 is 0 Å². The molecule has 19 heavy (non-hydrogen) atoms. The van der Waals surface area contributed by atoms with Gasteiger partial charge in [-0.3, -0.25) is 14.9 Å². The molecule has 1 N–H and O–H groups in total. The average molecular weight is 430 g/mol. The maximum atomic E-state index is 11.8. The van der Waals surface area contributed by atoms with Gasteiger partial charge in [0.15, 0.2) is 0 Å². The molecule has 1 aromatic rings. The van der Waals surface area contributed by atoms with Gasteiger partial charge >= 0.3 is 0 Å². The van der Waals surface area contributed by atoms with Crippen molar-refractivity contribution >= 4 is 71.0 Å². The summed E-state index contributed by atoms with van der Waals surface area (Å²) in [4.78, 5) is 23.3. The van der Waals surface area contributed by atoms with E-state index in [1.54, 1.807) is 0 Å². The minimum absolute atomic E-state index is 0. The van der Waals surface area contributed by atoms with E-state index in [1.165, 1.54) is 12.1 Å². The van der Waals surface area contributed by atoms with Gasteiger partial charge in [0.1, 0.15) is 0 Å². The van der Waals surface area contributed by atoms with Crippen LogP contribution in [0.1, 0.15) is 30.6 Å². The van der Waals surface area contributed by atoms with E-state index in [4.69, 9.17) is 34.8 Å². The van der Waals surface area contributed by atoms with Crippen LogP contribution in [0.2, 0.25) is 15.1 Å². The smallest absolute Gasteiger partial charge is 0.259 e. The second kappa shape index (κ2) is 8.36. The van der Waals surface area contributed by atoms with Crippen LogP contribution in [0.5, 0.6) is 0 Å². The summed E-state index contributed by atoms with van der Waals surface area (Å²) in [5, 5.41) is 2.65.